The number of anilines is 1. The first-order valence-electron chi connectivity index (χ1n) is 6.19. The molecule has 6 heteroatoms. The normalized spacial score (nSPS) is 19.4. The Bertz CT molecular complexity index is 467. The van der Waals surface area contributed by atoms with E-state index in [0.717, 1.165) is 25.1 Å². The fraction of sp³-hybridized carbons (Fsp3) is 0.462. The molecule has 0 saturated carbocycles. The number of methoxy groups -OCH3 is 1. The molecule has 1 amide bonds. The molecule has 0 spiro atoms. The van der Waals surface area contributed by atoms with Crippen molar-refractivity contribution >= 4 is 11.8 Å². The molecule has 1 aliphatic rings. The first-order chi connectivity index (χ1) is 9.08. The Hall–Kier alpha value is -1.82. The van der Waals surface area contributed by atoms with Gasteiger partial charge < -0.3 is 15.8 Å². The lowest BCUT2D eigenvalue weighted by Crippen LogP contribution is -2.36. The molecule has 0 bridgehead atoms. The van der Waals surface area contributed by atoms with E-state index < -0.39 is 6.09 Å². The van der Waals surface area contributed by atoms with E-state index in [1.54, 1.807) is 6.07 Å². The number of nitrogens with zero attached hydrogens (tertiary/aromatic N) is 1. The molecule has 1 aromatic rings. The lowest BCUT2D eigenvalue weighted by atomic mass is 10.1. The number of carbonyl (C=O) groups excluding carboxylic acids is 1. The van der Waals surface area contributed by atoms with E-state index in [4.69, 9.17) is 5.73 Å². The maximum Gasteiger partial charge on any atom is 0.407 e. The Morgan fingerprint density at radius 3 is 3.11 bits per heavy atom. The fourth-order valence-electron chi connectivity index (χ4n) is 2.27. The summed E-state index contributed by atoms with van der Waals surface area (Å²) in [7, 11) is 1.35. The number of carbonyl (C=O) groups is 1. The second-order valence-electron chi connectivity index (χ2n) is 4.70. The van der Waals surface area contributed by atoms with Crippen molar-refractivity contribution in [2.45, 2.75) is 19.0 Å². The van der Waals surface area contributed by atoms with Crippen LogP contribution in [0.4, 0.5) is 14.9 Å². The molecule has 1 aliphatic heterocycles. The van der Waals surface area contributed by atoms with Crippen LogP contribution in [0.5, 0.6) is 0 Å². The summed E-state index contributed by atoms with van der Waals surface area (Å²) in [5.74, 6) is -0.326. The molecule has 0 radical (unpaired) electrons. The van der Waals surface area contributed by atoms with Crippen LogP contribution < -0.4 is 11.1 Å². The maximum atomic E-state index is 13.0. The predicted molar refractivity (Wildman–Crippen MR) is 70.0 cm³/mol. The van der Waals surface area contributed by atoms with Crippen LogP contribution in [0.2, 0.25) is 0 Å². The van der Waals surface area contributed by atoms with E-state index in [1.807, 2.05) is 0 Å². The highest BCUT2D eigenvalue weighted by Crippen LogP contribution is 2.19. The number of hydrogen-bond donors (Lipinski definition) is 2. The van der Waals surface area contributed by atoms with E-state index in [1.165, 1.54) is 19.2 Å². The summed E-state index contributed by atoms with van der Waals surface area (Å²) in [5.41, 5.74) is 7.15. The SMILES string of the molecule is COC(=O)NC1CCN(Cc2ccc(F)cc2N)C1. The van der Waals surface area contributed by atoms with Crippen molar-refractivity contribution in [2.75, 3.05) is 25.9 Å². The zero-order valence-corrected chi connectivity index (χ0v) is 10.9. The predicted octanol–water partition coefficient (Wildman–Crippen LogP) is 1.34. The number of alkyl carbamates (subject to hydrolysis) is 1. The van der Waals surface area contributed by atoms with Crippen LogP contribution in [0.25, 0.3) is 0 Å². The topological polar surface area (TPSA) is 67.6 Å². The van der Waals surface area contributed by atoms with Gasteiger partial charge in [0.05, 0.1) is 7.11 Å². The van der Waals surface area contributed by atoms with Crippen molar-refractivity contribution in [2.24, 2.45) is 0 Å². The van der Waals surface area contributed by atoms with E-state index in [-0.39, 0.29) is 11.9 Å². The molecule has 0 aliphatic carbocycles. The lowest BCUT2D eigenvalue weighted by molar-refractivity contribution is 0.166. The maximum absolute atomic E-state index is 13.0. The van der Waals surface area contributed by atoms with Crippen LogP contribution >= 0.6 is 0 Å². The van der Waals surface area contributed by atoms with Gasteiger partial charge in [-0.2, -0.15) is 0 Å². The summed E-state index contributed by atoms with van der Waals surface area (Å²) >= 11 is 0. The quantitative estimate of drug-likeness (QED) is 0.811. The monoisotopic (exact) mass is 267 g/mol. The number of likely N-dealkylation sites (tertiary alicyclic amines) is 1. The van der Waals surface area contributed by atoms with Crippen LogP contribution in [0.1, 0.15) is 12.0 Å². The number of nitrogens with two attached hydrogens (primary N) is 1. The zero-order chi connectivity index (χ0) is 13.8. The van der Waals surface area contributed by atoms with Crippen LogP contribution in [0.3, 0.4) is 0 Å². The average Bonchev–Trinajstić information content (AvgIpc) is 2.80. The van der Waals surface area contributed by atoms with Crippen molar-refractivity contribution in [3.63, 3.8) is 0 Å². The van der Waals surface area contributed by atoms with Gasteiger partial charge in [-0.05, 0) is 24.1 Å². The highest BCUT2D eigenvalue weighted by atomic mass is 19.1. The van der Waals surface area contributed by atoms with Gasteiger partial charge in [-0.1, -0.05) is 6.07 Å². The highest BCUT2D eigenvalue weighted by Gasteiger charge is 2.24. The van der Waals surface area contributed by atoms with Gasteiger partial charge in [0.25, 0.3) is 0 Å². The lowest BCUT2D eigenvalue weighted by Gasteiger charge is -2.17. The third-order valence-electron chi connectivity index (χ3n) is 3.28. The van der Waals surface area contributed by atoms with E-state index in [0.29, 0.717) is 12.2 Å². The number of benzene rings is 1. The summed E-state index contributed by atoms with van der Waals surface area (Å²) in [6.07, 6.45) is 0.462. The minimum atomic E-state index is -0.409. The molecule has 1 atom stereocenters. The van der Waals surface area contributed by atoms with Crippen molar-refractivity contribution in [1.82, 2.24) is 10.2 Å². The average molecular weight is 267 g/mol. The zero-order valence-electron chi connectivity index (χ0n) is 10.9. The van der Waals surface area contributed by atoms with E-state index >= 15 is 0 Å². The van der Waals surface area contributed by atoms with Gasteiger partial charge in [-0.15, -0.1) is 0 Å². The highest BCUT2D eigenvalue weighted by molar-refractivity contribution is 5.67. The van der Waals surface area contributed by atoms with E-state index in [2.05, 4.69) is 15.0 Å². The molecule has 1 aromatic carbocycles. The summed E-state index contributed by atoms with van der Waals surface area (Å²) in [5, 5.41) is 2.77. The number of ether oxygens (including phenoxy) is 1. The molecule has 1 heterocycles. The molecule has 3 N–H and O–H groups in total. The molecule has 1 fully saturated rings. The largest absolute Gasteiger partial charge is 0.453 e. The molecule has 19 heavy (non-hydrogen) atoms. The van der Waals surface area contributed by atoms with Crippen molar-refractivity contribution < 1.29 is 13.9 Å². The van der Waals surface area contributed by atoms with Gasteiger partial charge in [-0.25, -0.2) is 9.18 Å². The third-order valence-corrected chi connectivity index (χ3v) is 3.28. The number of rotatable bonds is 3. The minimum absolute atomic E-state index is 0.0918. The minimum Gasteiger partial charge on any atom is -0.453 e. The molecule has 5 nitrogen and oxygen atoms in total. The summed E-state index contributed by atoms with van der Waals surface area (Å²) < 4.78 is 17.5. The van der Waals surface area contributed by atoms with Crippen LogP contribution in [0.15, 0.2) is 18.2 Å². The van der Waals surface area contributed by atoms with Gasteiger partial charge in [0, 0.05) is 31.4 Å². The van der Waals surface area contributed by atoms with Gasteiger partial charge in [0.2, 0.25) is 0 Å². The van der Waals surface area contributed by atoms with Crippen molar-refractivity contribution in [1.29, 1.82) is 0 Å². The smallest absolute Gasteiger partial charge is 0.407 e. The first kappa shape index (κ1) is 13.6. The van der Waals surface area contributed by atoms with Gasteiger partial charge in [-0.3, -0.25) is 4.90 Å². The second kappa shape index (κ2) is 5.88. The van der Waals surface area contributed by atoms with Gasteiger partial charge in [0.15, 0.2) is 0 Å². The molecule has 1 unspecified atom stereocenters. The molecule has 1 saturated heterocycles. The standard InChI is InChI=1S/C13H18FN3O2/c1-19-13(18)16-11-4-5-17(8-11)7-9-2-3-10(14)6-12(9)15/h2-3,6,11H,4-5,7-8,15H2,1H3,(H,16,18). The Kier molecular flexibility index (Phi) is 4.21. The Morgan fingerprint density at radius 1 is 1.63 bits per heavy atom. The number of nitrogens with one attached hydrogen (secondary N) is 1. The van der Waals surface area contributed by atoms with Crippen LogP contribution in [-0.2, 0) is 11.3 Å². The van der Waals surface area contributed by atoms with Crippen LogP contribution in [-0.4, -0.2) is 37.2 Å². The number of halogens is 1. The van der Waals surface area contributed by atoms with E-state index in [9.17, 15) is 9.18 Å². The summed E-state index contributed by atoms with van der Waals surface area (Å²) in [4.78, 5) is 13.3. The Balaban J connectivity index is 1.89. The summed E-state index contributed by atoms with van der Waals surface area (Å²) in [6, 6.07) is 4.53. The molecule has 2 rings (SSSR count). The first-order valence-corrected chi connectivity index (χ1v) is 6.19. The number of nitrogen functional groups attached to an aromatic ring is 1. The Morgan fingerprint density at radius 2 is 2.42 bits per heavy atom. The van der Waals surface area contributed by atoms with Gasteiger partial charge in [0.1, 0.15) is 5.82 Å². The Labute approximate surface area is 111 Å². The van der Waals surface area contributed by atoms with Crippen molar-refractivity contribution in [3.8, 4) is 0 Å². The molecule has 104 valence electrons. The molecular weight excluding hydrogens is 249 g/mol. The van der Waals surface area contributed by atoms with Gasteiger partial charge >= 0.3 is 6.09 Å². The molecule has 0 aromatic heterocycles. The third kappa shape index (κ3) is 3.57. The number of amides is 1. The van der Waals surface area contributed by atoms with Crippen LogP contribution in [0, 0.1) is 5.82 Å². The van der Waals surface area contributed by atoms with Crippen molar-refractivity contribution in [3.05, 3.63) is 29.6 Å². The number of hydrogen-bond acceptors (Lipinski definition) is 4. The fourth-order valence-corrected chi connectivity index (χ4v) is 2.27. The summed E-state index contributed by atoms with van der Waals surface area (Å²) in [6.45, 7) is 2.27. The molecular formula is C13H18FN3O2. The second-order valence-corrected chi connectivity index (χ2v) is 4.70.